The molecular formula is C45H27N3O. The predicted octanol–water partition coefficient (Wildman–Crippen LogP) is 11.9. The van der Waals surface area contributed by atoms with Crippen LogP contribution in [0.25, 0.3) is 99.5 Å². The van der Waals surface area contributed by atoms with E-state index >= 15 is 0 Å². The lowest BCUT2D eigenvalue weighted by molar-refractivity contribution is 0.673. The van der Waals surface area contributed by atoms with E-state index in [1.165, 1.54) is 16.5 Å². The van der Waals surface area contributed by atoms with Crippen LogP contribution < -0.4 is 0 Å². The number of rotatable bonds is 4. The van der Waals surface area contributed by atoms with Crippen molar-refractivity contribution in [1.29, 1.82) is 0 Å². The zero-order valence-electron chi connectivity index (χ0n) is 26.3. The first kappa shape index (κ1) is 27.5. The summed E-state index contributed by atoms with van der Waals surface area (Å²) in [7, 11) is 0. The molecule has 4 nitrogen and oxygen atoms in total. The Kier molecular flexibility index (Phi) is 6.15. The highest BCUT2D eigenvalue weighted by Crippen LogP contribution is 2.42. The molecule has 0 saturated heterocycles. The van der Waals surface area contributed by atoms with Gasteiger partial charge in [0.1, 0.15) is 11.2 Å². The topological polar surface area (TPSA) is 51.8 Å². The number of benzene rings is 8. The van der Waals surface area contributed by atoms with Crippen LogP contribution >= 0.6 is 0 Å². The third kappa shape index (κ3) is 4.57. The van der Waals surface area contributed by atoms with E-state index in [4.69, 9.17) is 19.4 Å². The quantitative estimate of drug-likeness (QED) is 0.183. The fourth-order valence-electron chi connectivity index (χ4n) is 7.09. The van der Waals surface area contributed by atoms with Gasteiger partial charge in [-0.05, 0) is 62.3 Å². The molecule has 2 aromatic heterocycles. The summed E-state index contributed by atoms with van der Waals surface area (Å²) >= 11 is 0. The van der Waals surface area contributed by atoms with Crippen molar-refractivity contribution in [2.75, 3.05) is 0 Å². The van der Waals surface area contributed by atoms with Crippen molar-refractivity contribution in [3.05, 3.63) is 164 Å². The number of aromatic nitrogens is 3. The van der Waals surface area contributed by atoms with E-state index in [2.05, 4.69) is 115 Å². The van der Waals surface area contributed by atoms with E-state index in [9.17, 15) is 0 Å². The maximum atomic E-state index is 6.44. The Morgan fingerprint density at radius 3 is 1.59 bits per heavy atom. The summed E-state index contributed by atoms with van der Waals surface area (Å²) in [6.07, 6.45) is 0. The van der Waals surface area contributed by atoms with Crippen LogP contribution in [-0.4, -0.2) is 15.0 Å². The molecule has 0 saturated carbocycles. The second-order valence-corrected chi connectivity index (χ2v) is 12.4. The van der Waals surface area contributed by atoms with Crippen molar-refractivity contribution < 1.29 is 4.42 Å². The second kappa shape index (κ2) is 11.0. The molecule has 0 atom stereocenters. The fourth-order valence-corrected chi connectivity index (χ4v) is 7.09. The first-order valence-electron chi connectivity index (χ1n) is 16.4. The van der Waals surface area contributed by atoms with Crippen molar-refractivity contribution in [2.45, 2.75) is 0 Å². The molecular weight excluding hydrogens is 599 g/mol. The van der Waals surface area contributed by atoms with Crippen LogP contribution in [-0.2, 0) is 0 Å². The van der Waals surface area contributed by atoms with E-state index < -0.39 is 0 Å². The SMILES string of the molecule is c1ccc(-c2ccc3cc(-c4nc(-c5ccccc5)nc(-c5ccc6c(c5)c5ccccc5c5oc7ccccc7c65)n4)ccc3c2)cc1. The van der Waals surface area contributed by atoms with Crippen molar-refractivity contribution in [3.8, 4) is 45.3 Å². The van der Waals surface area contributed by atoms with Gasteiger partial charge in [-0.2, -0.15) is 0 Å². The number of hydrogen-bond acceptors (Lipinski definition) is 4. The molecule has 0 spiro atoms. The summed E-state index contributed by atoms with van der Waals surface area (Å²) in [5.41, 5.74) is 7.02. The van der Waals surface area contributed by atoms with Crippen molar-refractivity contribution in [1.82, 2.24) is 15.0 Å². The minimum Gasteiger partial charge on any atom is -0.455 e. The van der Waals surface area contributed by atoms with Gasteiger partial charge >= 0.3 is 0 Å². The number of nitrogens with zero attached hydrogens (tertiary/aromatic N) is 3. The monoisotopic (exact) mass is 625 g/mol. The summed E-state index contributed by atoms with van der Waals surface area (Å²) in [6, 6.07) is 56.9. The molecule has 228 valence electrons. The molecule has 0 aliphatic carbocycles. The highest BCUT2D eigenvalue weighted by Gasteiger charge is 2.18. The van der Waals surface area contributed by atoms with Gasteiger partial charge in [-0.15, -0.1) is 0 Å². The lowest BCUT2D eigenvalue weighted by Crippen LogP contribution is -2.00. The van der Waals surface area contributed by atoms with Gasteiger partial charge in [-0.3, -0.25) is 0 Å². The average Bonchev–Trinajstić information content (AvgIpc) is 3.58. The van der Waals surface area contributed by atoms with Gasteiger partial charge in [-0.1, -0.05) is 140 Å². The Morgan fingerprint density at radius 2 is 0.857 bits per heavy atom. The van der Waals surface area contributed by atoms with Crippen LogP contribution in [0.15, 0.2) is 168 Å². The Hall–Kier alpha value is -6.65. The van der Waals surface area contributed by atoms with Crippen LogP contribution in [0.4, 0.5) is 0 Å². The van der Waals surface area contributed by atoms with E-state index in [0.717, 1.165) is 65.6 Å². The van der Waals surface area contributed by atoms with E-state index in [-0.39, 0.29) is 0 Å². The van der Waals surface area contributed by atoms with Gasteiger partial charge in [0.2, 0.25) is 0 Å². The highest BCUT2D eigenvalue weighted by atomic mass is 16.3. The van der Waals surface area contributed by atoms with Crippen LogP contribution in [0.3, 0.4) is 0 Å². The van der Waals surface area contributed by atoms with Gasteiger partial charge in [-0.25, -0.2) is 15.0 Å². The first-order chi connectivity index (χ1) is 24.3. The van der Waals surface area contributed by atoms with Gasteiger partial charge in [0.05, 0.1) is 0 Å². The summed E-state index contributed by atoms with van der Waals surface area (Å²) in [6.45, 7) is 0. The van der Waals surface area contributed by atoms with Gasteiger partial charge in [0, 0.05) is 32.8 Å². The Bertz CT molecular complexity index is 2880. The maximum absolute atomic E-state index is 6.44. The second-order valence-electron chi connectivity index (χ2n) is 12.4. The van der Waals surface area contributed by atoms with Crippen LogP contribution in [0.2, 0.25) is 0 Å². The average molecular weight is 626 g/mol. The lowest BCUT2D eigenvalue weighted by Gasteiger charge is -2.11. The molecule has 0 amide bonds. The zero-order chi connectivity index (χ0) is 32.3. The fraction of sp³-hybridized carbons (Fsp3) is 0. The Balaban J connectivity index is 1.17. The van der Waals surface area contributed by atoms with Crippen molar-refractivity contribution in [3.63, 3.8) is 0 Å². The summed E-state index contributed by atoms with van der Waals surface area (Å²) in [5, 5.41) is 9.04. The summed E-state index contributed by atoms with van der Waals surface area (Å²) in [4.78, 5) is 15.2. The van der Waals surface area contributed by atoms with Crippen molar-refractivity contribution in [2.24, 2.45) is 0 Å². The largest absolute Gasteiger partial charge is 0.455 e. The standard InChI is InChI=1S/C45H27N3O/c1-3-11-28(12-4-1)30-19-20-32-26-33(22-21-31(32)25-30)44-46-43(29-13-5-2-6-14-29)47-45(48-44)34-23-24-36-39(27-34)35-15-7-8-16-37(35)42-41(36)38-17-9-10-18-40(38)49-42/h1-27H. The minimum absolute atomic E-state index is 0.631. The summed E-state index contributed by atoms with van der Waals surface area (Å²) in [5.74, 6) is 1.91. The first-order valence-corrected chi connectivity index (χ1v) is 16.4. The zero-order valence-corrected chi connectivity index (χ0v) is 26.3. The summed E-state index contributed by atoms with van der Waals surface area (Å²) < 4.78 is 6.44. The van der Waals surface area contributed by atoms with Crippen LogP contribution in [0.1, 0.15) is 0 Å². The molecule has 10 rings (SSSR count). The number of para-hydroxylation sites is 1. The van der Waals surface area contributed by atoms with Gasteiger partial charge < -0.3 is 4.42 Å². The molecule has 0 radical (unpaired) electrons. The number of hydrogen-bond donors (Lipinski definition) is 0. The highest BCUT2D eigenvalue weighted by molar-refractivity contribution is 6.30. The molecule has 0 bridgehead atoms. The molecule has 0 aliphatic heterocycles. The molecule has 0 aliphatic rings. The van der Waals surface area contributed by atoms with E-state index in [1.54, 1.807) is 0 Å². The molecule has 10 aromatic rings. The molecule has 0 N–H and O–H groups in total. The Morgan fingerprint density at radius 1 is 0.327 bits per heavy atom. The lowest BCUT2D eigenvalue weighted by atomic mass is 9.95. The van der Waals surface area contributed by atoms with Gasteiger partial charge in [0.25, 0.3) is 0 Å². The third-order valence-corrected chi connectivity index (χ3v) is 9.48. The molecule has 4 heteroatoms. The van der Waals surface area contributed by atoms with Crippen LogP contribution in [0, 0.1) is 0 Å². The number of fused-ring (bicyclic) bond motifs is 9. The minimum atomic E-state index is 0.631. The normalized spacial score (nSPS) is 11.7. The molecule has 8 aromatic carbocycles. The molecule has 2 heterocycles. The van der Waals surface area contributed by atoms with Crippen molar-refractivity contribution >= 4 is 54.3 Å². The molecule has 0 unspecified atom stereocenters. The van der Waals surface area contributed by atoms with E-state index in [1.807, 2.05) is 48.5 Å². The number of furan rings is 1. The Labute approximate surface area is 282 Å². The smallest absolute Gasteiger partial charge is 0.164 e. The third-order valence-electron chi connectivity index (χ3n) is 9.48. The van der Waals surface area contributed by atoms with E-state index in [0.29, 0.717) is 17.5 Å². The molecule has 49 heavy (non-hydrogen) atoms. The van der Waals surface area contributed by atoms with Gasteiger partial charge in [0.15, 0.2) is 17.5 Å². The van der Waals surface area contributed by atoms with Crippen LogP contribution in [0.5, 0.6) is 0 Å². The molecule has 0 fully saturated rings. The predicted molar refractivity (Wildman–Crippen MR) is 201 cm³/mol. The maximum Gasteiger partial charge on any atom is 0.164 e.